The molecule has 20 heavy (non-hydrogen) atoms. The highest BCUT2D eigenvalue weighted by molar-refractivity contribution is 5.36. The second-order valence-corrected chi connectivity index (χ2v) is 5.68. The number of benzene rings is 1. The molecule has 3 heteroatoms. The Bertz CT molecular complexity index is 621. The highest BCUT2D eigenvalue weighted by Gasteiger charge is 2.31. The van der Waals surface area contributed by atoms with Gasteiger partial charge in [-0.2, -0.15) is 0 Å². The van der Waals surface area contributed by atoms with Crippen LogP contribution in [0.1, 0.15) is 46.3 Å². The van der Waals surface area contributed by atoms with Gasteiger partial charge in [-0.05, 0) is 55.0 Å². The van der Waals surface area contributed by atoms with E-state index in [1.807, 2.05) is 12.3 Å². The predicted octanol–water partition coefficient (Wildman–Crippen LogP) is 2.93. The Kier molecular flexibility index (Phi) is 3.55. The third-order valence-electron chi connectivity index (χ3n) is 4.47. The Morgan fingerprint density at radius 2 is 2.10 bits per heavy atom. The van der Waals surface area contributed by atoms with Gasteiger partial charge in [-0.3, -0.25) is 16.3 Å². The van der Waals surface area contributed by atoms with Crippen molar-refractivity contribution in [3.8, 4) is 0 Å². The van der Waals surface area contributed by atoms with Gasteiger partial charge in [0.05, 0.1) is 6.04 Å². The van der Waals surface area contributed by atoms with Crippen molar-refractivity contribution in [3.63, 3.8) is 0 Å². The van der Waals surface area contributed by atoms with Crippen molar-refractivity contribution in [1.29, 1.82) is 0 Å². The molecule has 0 fully saturated rings. The second-order valence-electron chi connectivity index (χ2n) is 5.68. The number of pyridine rings is 1. The summed E-state index contributed by atoms with van der Waals surface area (Å²) in [6, 6.07) is 10.9. The van der Waals surface area contributed by atoms with Gasteiger partial charge >= 0.3 is 0 Å². The molecule has 0 aliphatic heterocycles. The van der Waals surface area contributed by atoms with Crippen molar-refractivity contribution >= 4 is 0 Å². The molecule has 0 radical (unpaired) electrons. The fourth-order valence-electron chi connectivity index (χ4n) is 3.17. The molecule has 0 saturated carbocycles. The summed E-state index contributed by atoms with van der Waals surface area (Å²) in [5, 5.41) is 0. The highest BCUT2D eigenvalue weighted by Crippen LogP contribution is 2.40. The van der Waals surface area contributed by atoms with Crippen LogP contribution in [0.2, 0.25) is 0 Å². The van der Waals surface area contributed by atoms with Crippen LogP contribution in [0.25, 0.3) is 0 Å². The Morgan fingerprint density at radius 3 is 2.85 bits per heavy atom. The van der Waals surface area contributed by atoms with Gasteiger partial charge in [0.2, 0.25) is 0 Å². The van der Waals surface area contributed by atoms with Crippen LogP contribution in [0.3, 0.4) is 0 Å². The number of nitrogens with two attached hydrogens (primary N) is 1. The van der Waals surface area contributed by atoms with Gasteiger partial charge in [-0.1, -0.05) is 24.3 Å². The fraction of sp³-hybridized carbons (Fsp3) is 0.353. The minimum atomic E-state index is 0.130. The van der Waals surface area contributed by atoms with Gasteiger partial charge < -0.3 is 0 Å². The van der Waals surface area contributed by atoms with Gasteiger partial charge in [-0.25, -0.2) is 0 Å². The van der Waals surface area contributed by atoms with Gasteiger partial charge in [0.1, 0.15) is 0 Å². The first-order valence-corrected chi connectivity index (χ1v) is 7.18. The largest absolute Gasteiger partial charge is 0.271 e. The molecule has 3 rings (SSSR count). The number of hydrogen-bond acceptors (Lipinski definition) is 3. The quantitative estimate of drug-likeness (QED) is 0.664. The van der Waals surface area contributed by atoms with Crippen LogP contribution in [-0.4, -0.2) is 4.98 Å². The molecule has 0 bridgehead atoms. The normalized spacial score (nSPS) is 18.9. The average Bonchev–Trinajstić information content (AvgIpc) is 2.88. The van der Waals surface area contributed by atoms with Crippen LogP contribution in [-0.2, 0) is 6.42 Å². The van der Waals surface area contributed by atoms with E-state index in [4.69, 9.17) is 5.84 Å². The molecule has 2 atom stereocenters. The van der Waals surface area contributed by atoms with E-state index in [9.17, 15) is 0 Å². The van der Waals surface area contributed by atoms with E-state index < -0.39 is 0 Å². The predicted molar refractivity (Wildman–Crippen MR) is 81.3 cm³/mol. The van der Waals surface area contributed by atoms with E-state index in [-0.39, 0.29) is 6.04 Å². The number of rotatable bonds is 3. The Morgan fingerprint density at radius 1 is 1.25 bits per heavy atom. The molecule has 0 amide bonds. The smallest absolute Gasteiger partial charge is 0.0543 e. The summed E-state index contributed by atoms with van der Waals surface area (Å²) in [6.07, 6.45) is 4.08. The molecular formula is C17H21N3. The van der Waals surface area contributed by atoms with E-state index in [1.165, 1.54) is 27.9 Å². The molecule has 1 aromatic carbocycles. The summed E-state index contributed by atoms with van der Waals surface area (Å²) < 4.78 is 0. The zero-order valence-corrected chi connectivity index (χ0v) is 12.1. The summed E-state index contributed by atoms with van der Waals surface area (Å²) >= 11 is 0. The van der Waals surface area contributed by atoms with Crippen molar-refractivity contribution in [3.05, 3.63) is 64.5 Å². The number of aromatic nitrogens is 1. The van der Waals surface area contributed by atoms with Crippen molar-refractivity contribution in [1.82, 2.24) is 10.4 Å². The number of nitrogens with zero attached hydrogens (tertiary/aromatic N) is 1. The summed E-state index contributed by atoms with van der Waals surface area (Å²) in [5.74, 6) is 6.21. The topological polar surface area (TPSA) is 50.9 Å². The van der Waals surface area contributed by atoms with Crippen LogP contribution in [0.15, 0.2) is 36.5 Å². The van der Waals surface area contributed by atoms with E-state index in [1.54, 1.807) is 0 Å². The zero-order valence-electron chi connectivity index (χ0n) is 12.1. The van der Waals surface area contributed by atoms with Gasteiger partial charge in [-0.15, -0.1) is 0 Å². The van der Waals surface area contributed by atoms with Gasteiger partial charge in [0, 0.05) is 17.8 Å². The molecule has 1 aliphatic rings. The van der Waals surface area contributed by atoms with Crippen molar-refractivity contribution in [2.24, 2.45) is 5.84 Å². The number of fused-ring (bicyclic) bond motifs is 1. The lowest BCUT2D eigenvalue weighted by molar-refractivity contribution is 0.447. The minimum absolute atomic E-state index is 0.130. The first kappa shape index (κ1) is 13.3. The number of hydrazine groups is 1. The molecule has 2 aromatic rings. The summed E-state index contributed by atoms with van der Waals surface area (Å²) in [5.41, 5.74) is 9.44. The fourth-order valence-corrected chi connectivity index (χ4v) is 3.17. The highest BCUT2D eigenvalue weighted by atomic mass is 15.2. The lowest BCUT2D eigenvalue weighted by Crippen LogP contribution is -2.32. The van der Waals surface area contributed by atoms with Crippen LogP contribution in [0.4, 0.5) is 0 Å². The van der Waals surface area contributed by atoms with E-state index >= 15 is 0 Å². The van der Waals surface area contributed by atoms with Crippen molar-refractivity contribution in [2.75, 3.05) is 0 Å². The van der Waals surface area contributed by atoms with E-state index in [0.29, 0.717) is 5.92 Å². The standard InChI is InChI=1S/C17H21N3/c1-11-5-6-14(10-12(11)2)17(20-18)15-8-7-13-4-3-9-19-16(13)15/h3-6,9-10,15,17,20H,7-8,18H2,1-2H3. The summed E-state index contributed by atoms with van der Waals surface area (Å²) in [7, 11) is 0. The average molecular weight is 267 g/mol. The maximum absolute atomic E-state index is 5.85. The lowest BCUT2D eigenvalue weighted by atomic mass is 9.90. The molecule has 1 heterocycles. The molecule has 3 nitrogen and oxygen atoms in total. The Labute approximate surface area is 120 Å². The second kappa shape index (κ2) is 5.35. The summed E-state index contributed by atoms with van der Waals surface area (Å²) in [6.45, 7) is 4.28. The van der Waals surface area contributed by atoms with E-state index in [2.05, 4.69) is 48.5 Å². The van der Waals surface area contributed by atoms with Gasteiger partial charge in [0.25, 0.3) is 0 Å². The number of hydrogen-bond donors (Lipinski definition) is 2. The molecule has 2 unspecified atom stereocenters. The van der Waals surface area contributed by atoms with E-state index in [0.717, 1.165) is 12.8 Å². The molecule has 0 spiro atoms. The Hall–Kier alpha value is -1.71. The van der Waals surface area contributed by atoms with Crippen LogP contribution >= 0.6 is 0 Å². The van der Waals surface area contributed by atoms with Crippen molar-refractivity contribution in [2.45, 2.75) is 38.6 Å². The van der Waals surface area contributed by atoms with Crippen LogP contribution < -0.4 is 11.3 Å². The first-order valence-electron chi connectivity index (χ1n) is 7.18. The Balaban J connectivity index is 1.97. The zero-order chi connectivity index (χ0) is 14.1. The van der Waals surface area contributed by atoms with Crippen LogP contribution in [0, 0.1) is 13.8 Å². The molecule has 3 N–H and O–H groups in total. The number of aryl methyl sites for hydroxylation is 3. The first-order chi connectivity index (χ1) is 9.70. The maximum atomic E-state index is 5.85. The van der Waals surface area contributed by atoms with Crippen LogP contribution in [0.5, 0.6) is 0 Å². The third kappa shape index (κ3) is 2.23. The minimum Gasteiger partial charge on any atom is -0.271 e. The lowest BCUT2D eigenvalue weighted by Gasteiger charge is -2.24. The monoisotopic (exact) mass is 267 g/mol. The molecule has 0 saturated heterocycles. The third-order valence-corrected chi connectivity index (χ3v) is 4.47. The molecular weight excluding hydrogens is 246 g/mol. The molecule has 104 valence electrons. The van der Waals surface area contributed by atoms with Gasteiger partial charge in [0.15, 0.2) is 0 Å². The maximum Gasteiger partial charge on any atom is 0.0543 e. The molecule has 1 aliphatic carbocycles. The number of nitrogens with one attached hydrogen (secondary N) is 1. The van der Waals surface area contributed by atoms with Crippen molar-refractivity contribution < 1.29 is 0 Å². The SMILES string of the molecule is Cc1ccc(C(NN)C2CCc3cccnc32)cc1C. The molecule has 1 aromatic heterocycles. The summed E-state index contributed by atoms with van der Waals surface area (Å²) in [4.78, 5) is 4.58.